The number of benzene rings is 2. The molecule has 2 rings (SSSR count). The summed E-state index contributed by atoms with van der Waals surface area (Å²) in [5.41, 5.74) is -0.112. The van der Waals surface area contributed by atoms with Crippen molar-refractivity contribution < 1.29 is 14.1 Å². The Kier molecular flexibility index (Phi) is 3.14. The molecule has 0 N–H and O–H groups in total. The SMILES string of the molecule is O=C(c1ccccc1)c1cc(F)cc([N+](=O)[O-])c1. The molecule has 0 atom stereocenters. The predicted octanol–water partition coefficient (Wildman–Crippen LogP) is 2.96. The number of nitro groups is 1. The molecule has 5 heteroatoms. The molecular formula is C13H8FNO3. The second-order valence-electron chi connectivity index (χ2n) is 3.65. The van der Waals surface area contributed by atoms with Gasteiger partial charge in [0.15, 0.2) is 5.78 Å². The Bertz CT molecular complexity index is 611. The monoisotopic (exact) mass is 245 g/mol. The maximum absolute atomic E-state index is 13.2. The first-order chi connectivity index (χ1) is 8.58. The zero-order chi connectivity index (χ0) is 13.1. The lowest BCUT2D eigenvalue weighted by Crippen LogP contribution is -2.02. The molecule has 0 unspecified atom stereocenters. The number of nitrogens with zero attached hydrogens (tertiary/aromatic N) is 1. The van der Waals surface area contributed by atoms with Gasteiger partial charge in [0.1, 0.15) is 5.82 Å². The standard InChI is InChI=1S/C13H8FNO3/c14-11-6-10(7-12(8-11)15(17)18)13(16)9-4-2-1-3-5-9/h1-8H. The molecule has 0 spiro atoms. The average molecular weight is 245 g/mol. The van der Waals surface area contributed by atoms with E-state index in [2.05, 4.69) is 0 Å². The van der Waals surface area contributed by atoms with Gasteiger partial charge < -0.3 is 0 Å². The number of nitro benzene ring substituents is 1. The molecule has 0 aromatic heterocycles. The fraction of sp³-hybridized carbons (Fsp3) is 0. The summed E-state index contributed by atoms with van der Waals surface area (Å²) in [7, 11) is 0. The van der Waals surface area contributed by atoms with E-state index in [4.69, 9.17) is 0 Å². The van der Waals surface area contributed by atoms with Crippen molar-refractivity contribution in [2.75, 3.05) is 0 Å². The van der Waals surface area contributed by atoms with E-state index in [0.717, 1.165) is 18.2 Å². The van der Waals surface area contributed by atoms with Crippen molar-refractivity contribution in [3.05, 3.63) is 75.6 Å². The molecular weight excluding hydrogens is 237 g/mol. The first-order valence-electron chi connectivity index (χ1n) is 5.12. The molecule has 4 nitrogen and oxygen atoms in total. The van der Waals surface area contributed by atoms with Gasteiger partial charge in [-0.15, -0.1) is 0 Å². The van der Waals surface area contributed by atoms with Crippen LogP contribution in [0.25, 0.3) is 0 Å². The largest absolute Gasteiger partial charge is 0.289 e. The molecule has 0 radical (unpaired) electrons. The lowest BCUT2D eigenvalue weighted by atomic mass is 10.0. The Labute approximate surface area is 102 Å². The third-order valence-corrected chi connectivity index (χ3v) is 2.39. The summed E-state index contributed by atoms with van der Waals surface area (Å²) < 4.78 is 13.2. The molecule has 18 heavy (non-hydrogen) atoms. The molecule has 0 heterocycles. The second-order valence-corrected chi connectivity index (χ2v) is 3.65. The minimum atomic E-state index is -0.802. The molecule has 0 aliphatic heterocycles. The molecule has 90 valence electrons. The summed E-state index contributed by atoms with van der Waals surface area (Å²) in [6, 6.07) is 11.0. The zero-order valence-corrected chi connectivity index (χ0v) is 9.17. The number of halogens is 1. The Morgan fingerprint density at radius 3 is 2.33 bits per heavy atom. The van der Waals surface area contributed by atoms with Gasteiger partial charge in [-0.3, -0.25) is 14.9 Å². The number of non-ortho nitro benzene ring substituents is 1. The summed E-state index contributed by atoms with van der Waals surface area (Å²) in [6.07, 6.45) is 0. The fourth-order valence-corrected chi connectivity index (χ4v) is 1.57. The van der Waals surface area contributed by atoms with Crippen molar-refractivity contribution in [1.82, 2.24) is 0 Å². The van der Waals surface area contributed by atoms with Gasteiger partial charge in [0.25, 0.3) is 5.69 Å². The van der Waals surface area contributed by atoms with E-state index in [1.807, 2.05) is 0 Å². The van der Waals surface area contributed by atoms with E-state index in [1.54, 1.807) is 30.3 Å². The highest BCUT2D eigenvalue weighted by Crippen LogP contribution is 2.18. The summed E-state index contributed by atoms with van der Waals surface area (Å²) in [5, 5.41) is 10.6. The lowest BCUT2D eigenvalue weighted by molar-refractivity contribution is -0.385. The van der Waals surface area contributed by atoms with E-state index in [0.29, 0.717) is 5.56 Å². The molecule has 0 saturated heterocycles. The van der Waals surface area contributed by atoms with Crippen molar-refractivity contribution in [2.24, 2.45) is 0 Å². The van der Waals surface area contributed by atoms with Gasteiger partial charge in [0, 0.05) is 17.2 Å². The van der Waals surface area contributed by atoms with E-state index in [-0.39, 0.29) is 5.56 Å². The summed E-state index contributed by atoms with van der Waals surface area (Å²) >= 11 is 0. The highest BCUT2D eigenvalue weighted by atomic mass is 19.1. The minimum absolute atomic E-state index is 0.0344. The first-order valence-corrected chi connectivity index (χ1v) is 5.12. The van der Waals surface area contributed by atoms with Gasteiger partial charge in [-0.25, -0.2) is 4.39 Å². The van der Waals surface area contributed by atoms with Crippen LogP contribution in [0.15, 0.2) is 48.5 Å². The Balaban J connectivity index is 2.46. The van der Waals surface area contributed by atoms with Crippen molar-refractivity contribution in [3.8, 4) is 0 Å². The molecule has 0 aliphatic rings. The molecule has 0 saturated carbocycles. The molecule has 0 fully saturated rings. The topological polar surface area (TPSA) is 60.2 Å². The van der Waals surface area contributed by atoms with Crippen molar-refractivity contribution in [2.45, 2.75) is 0 Å². The second kappa shape index (κ2) is 4.75. The van der Waals surface area contributed by atoms with Crippen molar-refractivity contribution in [1.29, 1.82) is 0 Å². The summed E-state index contributed by atoms with van der Waals surface area (Å²) in [4.78, 5) is 21.8. The van der Waals surface area contributed by atoms with Crippen LogP contribution < -0.4 is 0 Å². The van der Waals surface area contributed by atoms with Crippen LogP contribution >= 0.6 is 0 Å². The maximum atomic E-state index is 13.2. The zero-order valence-electron chi connectivity index (χ0n) is 9.17. The van der Waals surface area contributed by atoms with Gasteiger partial charge in [0.2, 0.25) is 0 Å². The summed E-state index contributed by atoms with van der Waals surface area (Å²) in [5.74, 6) is -1.25. The highest BCUT2D eigenvalue weighted by molar-refractivity contribution is 6.09. The number of hydrogen-bond donors (Lipinski definition) is 0. The Hall–Kier alpha value is -2.56. The average Bonchev–Trinajstić information content (AvgIpc) is 2.38. The van der Waals surface area contributed by atoms with Crippen LogP contribution in [0, 0.1) is 15.9 Å². The van der Waals surface area contributed by atoms with E-state index >= 15 is 0 Å². The van der Waals surface area contributed by atoms with Crippen molar-refractivity contribution >= 4 is 11.5 Å². The van der Waals surface area contributed by atoms with Crippen LogP contribution in [0.2, 0.25) is 0 Å². The van der Waals surface area contributed by atoms with Crippen LogP contribution in [0.3, 0.4) is 0 Å². The molecule has 0 bridgehead atoms. The van der Waals surface area contributed by atoms with E-state index in [1.165, 1.54) is 0 Å². The van der Waals surface area contributed by atoms with E-state index < -0.39 is 22.2 Å². The first kappa shape index (κ1) is 11.9. The number of rotatable bonds is 3. The smallest absolute Gasteiger partial charge is 0.273 e. The van der Waals surface area contributed by atoms with Gasteiger partial charge in [-0.1, -0.05) is 30.3 Å². The van der Waals surface area contributed by atoms with Gasteiger partial charge in [-0.2, -0.15) is 0 Å². The molecule has 0 aliphatic carbocycles. The predicted molar refractivity (Wildman–Crippen MR) is 62.9 cm³/mol. The van der Waals surface area contributed by atoms with Gasteiger partial charge in [-0.05, 0) is 6.07 Å². The number of hydrogen-bond acceptors (Lipinski definition) is 3. The van der Waals surface area contributed by atoms with Crippen molar-refractivity contribution in [3.63, 3.8) is 0 Å². The quantitative estimate of drug-likeness (QED) is 0.474. The van der Waals surface area contributed by atoms with Gasteiger partial charge >= 0.3 is 0 Å². The summed E-state index contributed by atoms with van der Waals surface area (Å²) in [6.45, 7) is 0. The van der Waals surface area contributed by atoms with E-state index in [9.17, 15) is 19.3 Å². The maximum Gasteiger partial charge on any atom is 0.273 e. The molecule has 2 aromatic carbocycles. The fourth-order valence-electron chi connectivity index (χ4n) is 1.57. The Morgan fingerprint density at radius 1 is 1.06 bits per heavy atom. The van der Waals surface area contributed by atoms with Gasteiger partial charge in [0.05, 0.1) is 11.0 Å². The normalized spacial score (nSPS) is 10.1. The number of carbonyl (C=O) groups excluding carboxylic acids is 1. The van der Waals surface area contributed by atoms with Crippen LogP contribution in [0.1, 0.15) is 15.9 Å². The Morgan fingerprint density at radius 2 is 1.72 bits per heavy atom. The van der Waals surface area contributed by atoms with Crippen LogP contribution in [0.4, 0.5) is 10.1 Å². The molecule has 2 aromatic rings. The minimum Gasteiger partial charge on any atom is -0.289 e. The third-order valence-electron chi connectivity index (χ3n) is 2.39. The van der Waals surface area contributed by atoms with Crippen LogP contribution in [-0.2, 0) is 0 Å². The number of carbonyl (C=O) groups is 1. The van der Waals surface area contributed by atoms with Crippen LogP contribution in [-0.4, -0.2) is 10.7 Å². The highest BCUT2D eigenvalue weighted by Gasteiger charge is 2.15. The number of ketones is 1. The molecule has 0 amide bonds. The third kappa shape index (κ3) is 2.40. The lowest BCUT2D eigenvalue weighted by Gasteiger charge is -2.01. The van der Waals surface area contributed by atoms with Crippen LogP contribution in [0.5, 0.6) is 0 Å².